The van der Waals surface area contributed by atoms with Crippen LogP contribution in [0.4, 0.5) is 5.69 Å². The molecule has 3 aromatic rings. The predicted molar refractivity (Wildman–Crippen MR) is 112 cm³/mol. The summed E-state index contributed by atoms with van der Waals surface area (Å²) in [6.45, 7) is 4.16. The summed E-state index contributed by atoms with van der Waals surface area (Å²) in [6, 6.07) is 12.3. The minimum atomic E-state index is -3.72. The van der Waals surface area contributed by atoms with Crippen molar-refractivity contribution >= 4 is 26.4 Å². The van der Waals surface area contributed by atoms with E-state index in [1.54, 1.807) is 37.6 Å². The Bertz CT molecular complexity index is 1120. The van der Waals surface area contributed by atoms with Crippen molar-refractivity contribution in [3.8, 4) is 11.5 Å². The number of ether oxygens (including phenoxy) is 2. The molecule has 0 aliphatic carbocycles. The number of fused-ring (bicyclic) bond motifs is 1. The largest absolute Gasteiger partial charge is 0.497 e. The first kappa shape index (κ1) is 19.5. The molecule has 2 aromatic carbocycles. The van der Waals surface area contributed by atoms with Gasteiger partial charge in [-0.05, 0) is 56.2 Å². The van der Waals surface area contributed by atoms with Gasteiger partial charge in [-0.15, -0.1) is 0 Å². The number of nitrogens with one attached hydrogen (secondary N) is 1. The van der Waals surface area contributed by atoms with Gasteiger partial charge < -0.3 is 14.4 Å². The number of rotatable bonds is 6. The highest BCUT2D eigenvalue weighted by molar-refractivity contribution is 7.91. The van der Waals surface area contributed by atoms with Crippen LogP contribution in [0.2, 0.25) is 0 Å². The summed E-state index contributed by atoms with van der Waals surface area (Å²) in [5.41, 5.74) is 1.62. The van der Waals surface area contributed by atoms with Crippen LogP contribution < -0.4 is 19.4 Å². The second-order valence-corrected chi connectivity index (χ2v) is 8.93. The highest BCUT2D eigenvalue weighted by Crippen LogP contribution is 2.37. The molecule has 2 heterocycles. The first-order valence-electron chi connectivity index (χ1n) is 9.80. The maximum Gasteiger partial charge on any atom is 0.214 e. The average molecular weight is 414 g/mol. The zero-order chi connectivity index (χ0) is 20.4. The molecule has 0 unspecified atom stereocenters. The Morgan fingerprint density at radius 1 is 1.03 bits per heavy atom. The van der Waals surface area contributed by atoms with Crippen molar-refractivity contribution in [1.82, 2.24) is 0 Å². The molecule has 1 fully saturated rings. The Morgan fingerprint density at radius 2 is 1.72 bits per heavy atom. The highest BCUT2D eigenvalue weighted by Gasteiger charge is 2.30. The second-order valence-electron chi connectivity index (χ2n) is 7.02. The third-order valence-electron chi connectivity index (χ3n) is 5.23. The molecule has 0 amide bonds. The van der Waals surface area contributed by atoms with Crippen LogP contribution in [-0.2, 0) is 9.84 Å². The third-order valence-corrected chi connectivity index (χ3v) is 7.01. The Morgan fingerprint density at radius 3 is 2.38 bits per heavy atom. The molecule has 4 rings (SSSR count). The van der Waals surface area contributed by atoms with Gasteiger partial charge in [0.25, 0.3) is 0 Å². The standard InChI is InChI=1S/C22H24N2O4S/c1-3-28-17-8-11-20-19(14-17)22(24-12-4-5-13-24)21(15-23-20)29(25,26)18-9-6-16(27-2)7-10-18/h6-11,14-15H,3-5,12-13H2,1-2H3/p+1. The molecule has 0 saturated carbocycles. The van der Waals surface area contributed by atoms with Crippen LogP contribution >= 0.6 is 0 Å². The molecular formula is C22H25N2O4S+. The van der Waals surface area contributed by atoms with E-state index in [9.17, 15) is 8.42 Å². The summed E-state index contributed by atoms with van der Waals surface area (Å²) in [7, 11) is -2.16. The lowest BCUT2D eigenvalue weighted by Crippen LogP contribution is -2.23. The van der Waals surface area contributed by atoms with E-state index in [1.165, 1.54) is 0 Å². The summed E-state index contributed by atoms with van der Waals surface area (Å²) < 4.78 is 37.9. The zero-order valence-corrected chi connectivity index (χ0v) is 17.5. The first-order valence-corrected chi connectivity index (χ1v) is 11.3. The minimum absolute atomic E-state index is 0.243. The molecule has 0 spiro atoms. The van der Waals surface area contributed by atoms with E-state index in [2.05, 4.69) is 9.88 Å². The molecule has 6 nitrogen and oxygen atoms in total. The topological polar surface area (TPSA) is 70.0 Å². The fourth-order valence-electron chi connectivity index (χ4n) is 3.80. The predicted octanol–water partition coefficient (Wildman–Crippen LogP) is 3.49. The molecule has 29 heavy (non-hydrogen) atoms. The molecule has 1 aliphatic rings. The SMILES string of the molecule is CCOc1ccc2[nH+]cc(S(=O)(=O)c3ccc(OC)cc3)c(N3CCCC3)c2c1. The molecule has 1 N–H and O–H groups in total. The van der Waals surface area contributed by atoms with Gasteiger partial charge in [0, 0.05) is 19.2 Å². The van der Waals surface area contributed by atoms with Crippen LogP contribution in [0, 0.1) is 0 Å². The highest BCUT2D eigenvalue weighted by atomic mass is 32.2. The molecule has 7 heteroatoms. The average Bonchev–Trinajstić information content (AvgIpc) is 3.27. The van der Waals surface area contributed by atoms with Crippen molar-refractivity contribution < 1.29 is 22.9 Å². The molecule has 1 saturated heterocycles. The van der Waals surface area contributed by atoms with E-state index in [-0.39, 0.29) is 9.79 Å². The molecule has 1 aliphatic heterocycles. The number of anilines is 1. The van der Waals surface area contributed by atoms with Gasteiger partial charge >= 0.3 is 0 Å². The van der Waals surface area contributed by atoms with Crippen molar-refractivity contribution in [3.05, 3.63) is 48.7 Å². The number of hydrogen-bond donors (Lipinski definition) is 0. The smallest absolute Gasteiger partial charge is 0.214 e. The van der Waals surface area contributed by atoms with Crippen LogP contribution in [-0.4, -0.2) is 35.2 Å². The molecule has 0 bridgehead atoms. The summed E-state index contributed by atoms with van der Waals surface area (Å²) in [5.74, 6) is 1.35. The summed E-state index contributed by atoms with van der Waals surface area (Å²) >= 11 is 0. The van der Waals surface area contributed by atoms with Crippen molar-refractivity contribution in [2.75, 3.05) is 31.7 Å². The van der Waals surface area contributed by atoms with Gasteiger partial charge in [-0.3, -0.25) is 0 Å². The van der Waals surface area contributed by atoms with Gasteiger partial charge in [0.05, 0.1) is 29.7 Å². The number of aromatic amines is 1. The maximum absolute atomic E-state index is 13.5. The molecule has 0 radical (unpaired) electrons. The number of aromatic nitrogens is 1. The van der Waals surface area contributed by atoms with E-state index in [0.717, 1.165) is 48.3 Å². The van der Waals surface area contributed by atoms with Gasteiger partial charge in [-0.25, -0.2) is 13.4 Å². The normalized spacial score (nSPS) is 14.3. The number of hydrogen-bond acceptors (Lipinski definition) is 5. The zero-order valence-electron chi connectivity index (χ0n) is 16.6. The van der Waals surface area contributed by atoms with Gasteiger partial charge in [0.15, 0.2) is 11.1 Å². The fourth-order valence-corrected chi connectivity index (χ4v) is 5.26. The fraction of sp³-hybridized carbons (Fsp3) is 0.318. The van der Waals surface area contributed by atoms with Crippen molar-refractivity contribution in [1.29, 1.82) is 0 Å². The van der Waals surface area contributed by atoms with E-state index in [1.807, 2.05) is 25.1 Å². The summed E-state index contributed by atoms with van der Waals surface area (Å²) in [4.78, 5) is 5.86. The number of methoxy groups -OCH3 is 1. The number of nitrogens with zero attached hydrogens (tertiary/aromatic N) is 1. The number of H-pyrrole nitrogens is 1. The van der Waals surface area contributed by atoms with Crippen LogP contribution in [0.15, 0.2) is 58.5 Å². The van der Waals surface area contributed by atoms with Gasteiger partial charge in [-0.2, -0.15) is 0 Å². The molecular weight excluding hydrogens is 388 g/mol. The molecule has 0 atom stereocenters. The lowest BCUT2D eigenvalue weighted by atomic mass is 10.1. The molecule has 1 aromatic heterocycles. The van der Waals surface area contributed by atoms with E-state index < -0.39 is 9.84 Å². The second kappa shape index (κ2) is 7.91. The third kappa shape index (κ3) is 3.62. The Hall–Kier alpha value is -2.80. The minimum Gasteiger partial charge on any atom is -0.497 e. The van der Waals surface area contributed by atoms with Crippen LogP contribution in [0.3, 0.4) is 0 Å². The van der Waals surface area contributed by atoms with E-state index in [0.29, 0.717) is 12.4 Å². The van der Waals surface area contributed by atoms with Crippen molar-refractivity contribution in [3.63, 3.8) is 0 Å². The van der Waals surface area contributed by atoms with Crippen molar-refractivity contribution in [2.24, 2.45) is 0 Å². The lowest BCUT2D eigenvalue weighted by Gasteiger charge is -2.21. The van der Waals surface area contributed by atoms with Gasteiger partial charge in [0.1, 0.15) is 11.5 Å². The number of sulfone groups is 1. The summed E-state index contributed by atoms with van der Waals surface area (Å²) in [5, 5.41) is 0.854. The van der Waals surface area contributed by atoms with Crippen LogP contribution in [0.1, 0.15) is 19.8 Å². The van der Waals surface area contributed by atoms with E-state index >= 15 is 0 Å². The monoisotopic (exact) mass is 413 g/mol. The first-order chi connectivity index (χ1) is 14.0. The number of benzene rings is 2. The quantitative estimate of drug-likeness (QED) is 0.619. The van der Waals surface area contributed by atoms with E-state index in [4.69, 9.17) is 9.47 Å². The van der Waals surface area contributed by atoms with Gasteiger partial charge in [-0.1, -0.05) is 0 Å². The summed E-state index contributed by atoms with van der Waals surface area (Å²) in [6.07, 6.45) is 3.70. The Kier molecular flexibility index (Phi) is 5.32. The lowest BCUT2D eigenvalue weighted by molar-refractivity contribution is -0.347. The number of pyridine rings is 1. The Balaban J connectivity index is 1.93. The van der Waals surface area contributed by atoms with Crippen LogP contribution in [0.25, 0.3) is 10.9 Å². The van der Waals surface area contributed by atoms with Crippen molar-refractivity contribution in [2.45, 2.75) is 29.6 Å². The van der Waals surface area contributed by atoms with Gasteiger partial charge in [0.2, 0.25) is 15.4 Å². The van der Waals surface area contributed by atoms with Crippen LogP contribution in [0.5, 0.6) is 11.5 Å². The molecule has 152 valence electrons. The maximum atomic E-state index is 13.5. The Labute approximate surface area is 171 Å².